The number of carboxylic acids is 1. The van der Waals surface area contributed by atoms with Crippen molar-refractivity contribution < 1.29 is 24.5 Å². The van der Waals surface area contributed by atoms with Gasteiger partial charge in [0.2, 0.25) is 5.91 Å². The number of ether oxygens (including phenoxy) is 1. The van der Waals surface area contributed by atoms with Crippen LogP contribution in [-0.4, -0.2) is 50.7 Å². The maximum Gasteiger partial charge on any atom is 0.358 e. The molecular formula is C19H22N4O5. The molecule has 2 aliphatic rings. The number of benzene rings is 1. The Bertz CT molecular complexity index is 921. The van der Waals surface area contributed by atoms with Crippen LogP contribution < -0.4 is 10.1 Å². The molecule has 2 aliphatic carbocycles. The molecule has 1 amide bonds. The summed E-state index contributed by atoms with van der Waals surface area (Å²) in [6.07, 6.45) is 3.83. The number of rotatable bonds is 6. The van der Waals surface area contributed by atoms with Crippen molar-refractivity contribution in [3.63, 3.8) is 0 Å². The van der Waals surface area contributed by atoms with Crippen LogP contribution in [0.1, 0.15) is 46.9 Å². The number of aromatic carboxylic acids is 1. The molecule has 148 valence electrons. The van der Waals surface area contributed by atoms with Crippen molar-refractivity contribution in [2.45, 2.75) is 37.3 Å². The predicted octanol–water partition coefficient (Wildman–Crippen LogP) is 0.886. The molecular weight excluding hydrogens is 364 g/mol. The molecule has 1 atom stereocenters. The van der Waals surface area contributed by atoms with Crippen molar-refractivity contribution >= 4 is 11.9 Å². The van der Waals surface area contributed by atoms with E-state index in [0.29, 0.717) is 25.0 Å². The predicted molar refractivity (Wildman–Crippen MR) is 97.0 cm³/mol. The molecule has 1 aromatic heterocycles. The van der Waals surface area contributed by atoms with Crippen molar-refractivity contribution in [2.24, 2.45) is 5.92 Å². The number of nitrogens with one attached hydrogen (secondary N) is 1. The lowest BCUT2D eigenvalue weighted by molar-refractivity contribution is -0.130. The number of aryl methyl sites for hydroxylation is 1. The number of carbonyl (C=O) groups excluding carboxylic acids is 1. The zero-order chi connectivity index (χ0) is 19.9. The highest BCUT2D eigenvalue weighted by Gasteiger charge is 2.40. The Morgan fingerprint density at radius 2 is 2.18 bits per heavy atom. The summed E-state index contributed by atoms with van der Waals surface area (Å²) in [5.74, 6) is -0.737. The Labute approximate surface area is 161 Å². The molecule has 9 heteroatoms. The van der Waals surface area contributed by atoms with Gasteiger partial charge in [-0.15, -0.1) is 5.10 Å². The van der Waals surface area contributed by atoms with Gasteiger partial charge in [0.05, 0.1) is 25.9 Å². The van der Waals surface area contributed by atoms with E-state index in [9.17, 15) is 14.7 Å². The number of fused-ring (bicyclic) bond motifs is 1. The minimum atomic E-state index is -1.12. The van der Waals surface area contributed by atoms with E-state index < -0.39 is 11.6 Å². The molecule has 0 bridgehead atoms. The van der Waals surface area contributed by atoms with Gasteiger partial charge < -0.3 is 20.3 Å². The fourth-order valence-corrected chi connectivity index (χ4v) is 3.94. The van der Waals surface area contributed by atoms with Crippen molar-refractivity contribution in [3.8, 4) is 5.75 Å². The van der Waals surface area contributed by atoms with Gasteiger partial charge in [0.1, 0.15) is 11.4 Å². The van der Waals surface area contributed by atoms with E-state index in [0.717, 1.165) is 17.5 Å². The minimum Gasteiger partial charge on any atom is -0.497 e. The molecule has 4 rings (SSSR count). The van der Waals surface area contributed by atoms with E-state index in [1.807, 2.05) is 18.2 Å². The normalized spacial score (nSPS) is 25.6. The maximum atomic E-state index is 12.5. The van der Waals surface area contributed by atoms with Gasteiger partial charge in [-0.1, -0.05) is 11.3 Å². The van der Waals surface area contributed by atoms with Gasteiger partial charge in [0.15, 0.2) is 5.69 Å². The molecule has 0 spiro atoms. The first-order chi connectivity index (χ1) is 13.4. The maximum absolute atomic E-state index is 12.5. The van der Waals surface area contributed by atoms with Gasteiger partial charge in [-0.3, -0.25) is 4.79 Å². The van der Waals surface area contributed by atoms with Gasteiger partial charge in [0.25, 0.3) is 0 Å². The van der Waals surface area contributed by atoms with Crippen LogP contribution in [0.5, 0.6) is 5.75 Å². The topological polar surface area (TPSA) is 127 Å². The number of aromatic nitrogens is 3. The van der Waals surface area contributed by atoms with Crippen LogP contribution >= 0.6 is 0 Å². The van der Waals surface area contributed by atoms with Crippen molar-refractivity contribution in [3.05, 3.63) is 41.2 Å². The Balaban J connectivity index is 1.33. The summed E-state index contributed by atoms with van der Waals surface area (Å²) in [4.78, 5) is 23.3. The summed E-state index contributed by atoms with van der Waals surface area (Å²) in [6.45, 7) is 0.152. The minimum absolute atomic E-state index is 0.0316. The number of carbonyl (C=O) groups is 2. The highest BCUT2D eigenvalue weighted by atomic mass is 16.5. The summed E-state index contributed by atoms with van der Waals surface area (Å²) in [5.41, 5.74) is 0.680. The van der Waals surface area contributed by atoms with Gasteiger partial charge in [0, 0.05) is 5.92 Å². The summed E-state index contributed by atoms with van der Waals surface area (Å²) in [7, 11) is 1.58. The number of nitrogens with zero attached hydrogens (tertiary/aromatic N) is 3. The molecule has 28 heavy (non-hydrogen) atoms. The molecule has 1 unspecified atom stereocenters. The summed E-state index contributed by atoms with van der Waals surface area (Å²) < 4.78 is 6.75. The second kappa shape index (κ2) is 6.90. The fourth-order valence-electron chi connectivity index (χ4n) is 3.94. The third-order valence-electron chi connectivity index (χ3n) is 5.77. The van der Waals surface area contributed by atoms with E-state index in [2.05, 4.69) is 15.6 Å². The van der Waals surface area contributed by atoms with Crippen molar-refractivity contribution in [2.75, 3.05) is 13.7 Å². The fraction of sp³-hybridized carbons (Fsp3) is 0.474. The Morgan fingerprint density at radius 3 is 2.86 bits per heavy atom. The quantitative estimate of drug-likeness (QED) is 0.673. The standard InChI is InChI=1S/C19H22N4O5/c1-28-14-3-2-11-4-5-19(27,15(11)8-14)10-20-17(24)12-6-13(7-12)23-9-16(18(25)26)21-22-23/h2-3,8-9,12-13,27H,4-7,10H2,1H3,(H,20,24)(H,25,26). The largest absolute Gasteiger partial charge is 0.497 e. The van der Waals surface area contributed by atoms with Crippen LogP contribution in [0.4, 0.5) is 0 Å². The summed E-state index contributed by atoms with van der Waals surface area (Å²) in [5, 5.41) is 30.2. The molecule has 9 nitrogen and oxygen atoms in total. The first-order valence-electron chi connectivity index (χ1n) is 9.22. The average molecular weight is 386 g/mol. The lowest BCUT2D eigenvalue weighted by atomic mass is 9.79. The number of hydrogen-bond donors (Lipinski definition) is 3. The van der Waals surface area contributed by atoms with E-state index in [-0.39, 0.29) is 30.1 Å². The van der Waals surface area contributed by atoms with Crippen LogP contribution in [0.15, 0.2) is 24.4 Å². The molecule has 1 aromatic carbocycles. The van der Waals surface area contributed by atoms with E-state index in [1.54, 1.807) is 7.11 Å². The van der Waals surface area contributed by atoms with Crippen LogP contribution in [0, 0.1) is 5.92 Å². The number of hydrogen-bond acceptors (Lipinski definition) is 6. The number of carboxylic acid groups (broad SMARTS) is 1. The van der Waals surface area contributed by atoms with E-state index in [1.165, 1.54) is 10.9 Å². The zero-order valence-electron chi connectivity index (χ0n) is 15.5. The number of aliphatic hydroxyl groups is 1. The van der Waals surface area contributed by atoms with Crippen LogP contribution in [0.3, 0.4) is 0 Å². The molecule has 3 N–H and O–H groups in total. The molecule has 2 aromatic rings. The number of methoxy groups -OCH3 is 1. The number of amides is 1. The van der Waals surface area contributed by atoms with E-state index >= 15 is 0 Å². The SMILES string of the molecule is COc1ccc2c(c1)C(O)(CNC(=O)C1CC(n3cc(C(=O)O)nn3)C1)CC2. The highest BCUT2D eigenvalue weighted by Crippen LogP contribution is 2.40. The summed E-state index contributed by atoms with van der Waals surface area (Å²) in [6, 6.07) is 5.63. The van der Waals surface area contributed by atoms with Crippen LogP contribution in [0.2, 0.25) is 0 Å². The van der Waals surface area contributed by atoms with Crippen LogP contribution in [-0.2, 0) is 16.8 Å². The van der Waals surface area contributed by atoms with Crippen LogP contribution in [0.25, 0.3) is 0 Å². The molecule has 0 aliphatic heterocycles. The zero-order valence-corrected chi connectivity index (χ0v) is 15.5. The average Bonchev–Trinajstić information content (AvgIpc) is 3.25. The smallest absolute Gasteiger partial charge is 0.358 e. The second-order valence-corrected chi connectivity index (χ2v) is 7.48. The highest BCUT2D eigenvalue weighted by molar-refractivity contribution is 5.84. The first kappa shape index (κ1) is 18.4. The van der Waals surface area contributed by atoms with Crippen molar-refractivity contribution in [1.82, 2.24) is 20.3 Å². The Hall–Kier alpha value is -2.94. The lowest BCUT2D eigenvalue weighted by Gasteiger charge is -2.34. The van der Waals surface area contributed by atoms with Gasteiger partial charge in [-0.05, 0) is 48.9 Å². The first-order valence-corrected chi connectivity index (χ1v) is 9.22. The third-order valence-corrected chi connectivity index (χ3v) is 5.77. The van der Waals surface area contributed by atoms with Gasteiger partial charge >= 0.3 is 5.97 Å². The monoisotopic (exact) mass is 386 g/mol. The molecule has 1 heterocycles. The summed E-state index contributed by atoms with van der Waals surface area (Å²) >= 11 is 0. The molecule has 1 saturated carbocycles. The molecule has 1 fully saturated rings. The molecule has 0 saturated heterocycles. The van der Waals surface area contributed by atoms with E-state index in [4.69, 9.17) is 9.84 Å². The second-order valence-electron chi connectivity index (χ2n) is 7.48. The third kappa shape index (κ3) is 3.22. The molecule has 0 radical (unpaired) electrons. The Morgan fingerprint density at radius 1 is 1.39 bits per heavy atom. The van der Waals surface area contributed by atoms with Gasteiger partial charge in [-0.2, -0.15) is 0 Å². The van der Waals surface area contributed by atoms with Gasteiger partial charge in [-0.25, -0.2) is 9.48 Å². The van der Waals surface area contributed by atoms with Crippen molar-refractivity contribution in [1.29, 1.82) is 0 Å². The Kier molecular flexibility index (Phi) is 4.54. The lowest BCUT2D eigenvalue weighted by Crippen LogP contribution is -2.45.